The monoisotopic (exact) mass is 182 g/mol. The second kappa shape index (κ2) is 4.42. The number of hydrogen-bond donors (Lipinski definition) is 1. The highest BCUT2D eigenvalue weighted by Gasteiger charge is 2.25. The predicted molar refractivity (Wildman–Crippen MR) is 53.5 cm³/mol. The van der Waals surface area contributed by atoms with Gasteiger partial charge in [0.25, 0.3) is 0 Å². The van der Waals surface area contributed by atoms with Crippen LogP contribution in [-0.4, -0.2) is 37.0 Å². The maximum Gasteiger partial charge on any atom is 0.237 e. The third-order valence-corrected chi connectivity index (χ3v) is 2.31. The molecule has 1 heterocycles. The van der Waals surface area contributed by atoms with Gasteiger partial charge in [-0.15, -0.1) is 0 Å². The summed E-state index contributed by atoms with van der Waals surface area (Å²) in [6.45, 7) is 7.46. The molecule has 1 unspecified atom stereocenters. The Hall–Kier alpha value is -0.830. The van der Waals surface area contributed by atoms with Crippen LogP contribution in [0.5, 0.6) is 0 Å². The second-order valence-electron chi connectivity index (χ2n) is 3.82. The Morgan fingerprint density at radius 2 is 2.46 bits per heavy atom. The first kappa shape index (κ1) is 10.3. The lowest BCUT2D eigenvalue weighted by Crippen LogP contribution is -2.49. The van der Waals surface area contributed by atoms with Crippen molar-refractivity contribution in [2.24, 2.45) is 0 Å². The average molecular weight is 182 g/mol. The van der Waals surface area contributed by atoms with E-state index in [2.05, 4.69) is 16.8 Å². The van der Waals surface area contributed by atoms with E-state index < -0.39 is 0 Å². The highest BCUT2D eigenvalue weighted by Crippen LogP contribution is 2.10. The molecule has 0 radical (unpaired) electrons. The summed E-state index contributed by atoms with van der Waals surface area (Å²) < 4.78 is 0. The van der Waals surface area contributed by atoms with Crippen LogP contribution in [0.4, 0.5) is 0 Å². The first-order chi connectivity index (χ1) is 6.11. The summed E-state index contributed by atoms with van der Waals surface area (Å²) in [5, 5.41) is 2.88. The molecule has 0 aromatic carbocycles. The number of hydrogen-bond acceptors (Lipinski definition) is 2. The van der Waals surface area contributed by atoms with Gasteiger partial charge in [-0.25, -0.2) is 0 Å². The maximum atomic E-state index is 11.4. The molecule has 3 nitrogen and oxygen atoms in total. The van der Waals surface area contributed by atoms with Gasteiger partial charge in [0.2, 0.25) is 5.91 Å². The summed E-state index contributed by atoms with van der Waals surface area (Å²) in [6.07, 6.45) is 2.05. The Morgan fingerprint density at radius 3 is 3.00 bits per heavy atom. The Balaban J connectivity index is 2.48. The predicted octanol–water partition coefficient (Wildman–Crippen LogP) is 0.773. The van der Waals surface area contributed by atoms with E-state index in [4.69, 9.17) is 0 Å². The van der Waals surface area contributed by atoms with Crippen molar-refractivity contribution in [1.82, 2.24) is 10.2 Å². The van der Waals surface area contributed by atoms with Gasteiger partial charge in [-0.05, 0) is 26.8 Å². The van der Waals surface area contributed by atoms with Gasteiger partial charge in [-0.2, -0.15) is 0 Å². The molecule has 1 aliphatic heterocycles. The molecule has 13 heavy (non-hydrogen) atoms. The number of rotatable bonds is 3. The minimum absolute atomic E-state index is 0.0467. The van der Waals surface area contributed by atoms with Crippen molar-refractivity contribution in [2.45, 2.75) is 25.8 Å². The normalized spacial score (nSPS) is 23.0. The molecule has 1 amide bonds. The van der Waals surface area contributed by atoms with Gasteiger partial charge < -0.3 is 5.32 Å². The van der Waals surface area contributed by atoms with Crippen LogP contribution in [0, 0.1) is 0 Å². The molecular weight excluding hydrogens is 164 g/mol. The summed E-state index contributed by atoms with van der Waals surface area (Å²) >= 11 is 0. The number of piperidine rings is 1. The van der Waals surface area contributed by atoms with Crippen molar-refractivity contribution in [3.63, 3.8) is 0 Å². The fraction of sp³-hybridized carbons (Fsp3) is 0.700. The number of nitrogens with zero attached hydrogens (tertiary/aromatic N) is 1. The van der Waals surface area contributed by atoms with Crippen LogP contribution in [0.3, 0.4) is 0 Å². The molecule has 74 valence electrons. The molecule has 0 aromatic heterocycles. The molecule has 0 saturated carbocycles. The molecule has 1 fully saturated rings. The lowest BCUT2D eigenvalue weighted by molar-refractivity contribution is -0.127. The van der Waals surface area contributed by atoms with Crippen molar-refractivity contribution in [1.29, 1.82) is 0 Å². The summed E-state index contributed by atoms with van der Waals surface area (Å²) in [7, 11) is 1.98. The third kappa shape index (κ3) is 2.84. The van der Waals surface area contributed by atoms with E-state index in [1.54, 1.807) is 0 Å². The molecule has 0 spiro atoms. The van der Waals surface area contributed by atoms with E-state index in [-0.39, 0.29) is 11.9 Å². The topological polar surface area (TPSA) is 32.3 Å². The molecule has 0 bridgehead atoms. The van der Waals surface area contributed by atoms with Crippen LogP contribution < -0.4 is 5.32 Å². The van der Waals surface area contributed by atoms with Gasteiger partial charge in [0.1, 0.15) is 0 Å². The number of nitrogens with one attached hydrogen (secondary N) is 1. The van der Waals surface area contributed by atoms with Crippen LogP contribution in [-0.2, 0) is 4.79 Å². The molecule has 3 heteroatoms. The van der Waals surface area contributed by atoms with Gasteiger partial charge in [0.15, 0.2) is 0 Å². The quantitative estimate of drug-likeness (QED) is 0.654. The fourth-order valence-corrected chi connectivity index (χ4v) is 1.71. The van der Waals surface area contributed by atoms with Gasteiger partial charge in [0.05, 0.1) is 6.04 Å². The van der Waals surface area contributed by atoms with Crippen LogP contribution in [0.15, 0.2) is 12.2 Å². The highest BCUT2D eigenvalue weighted by atomic mass is 16.2. The summed E-state index contributed by atoms with van der Waals surface area (Å²) in [4.78, 5) is 13.5. The molecule has 1 N–H and O–H groups in total. The van der Waals surface area contributed by atoms with Gasteiger partial charge in [-0.1, -0.05) is 12.2 Å². The fourth-order valence-electron chi connectivity index (χ4n) is 1.71. The van der Waals surface area contributed by atoms with Crippen molar-refractivity contribution in [3.05, 3.63) is 12.2 Å². The van der Waals surface area contributed by atoms with Crippen molar-refractivity contribution >= 4 is 5.91 Å². The van der Waals surface area contributed by atoms with Crippen LogP contribution in [0.25, 0.3) is 0 Å². The van der Waals surface area contributed by atoms with Gasteiger partial charge >= 0.3 is 0 Å². The van der Waals surface area contributed by atoms with Crippen LogP contribution >= 0.6 is 0 Å². The Kier molecular flexibility index (Phi) is 3.48. The van der Waals surface area contributed by atoms with E-state index in [9.17, 15) is 4.79 Å². The highest BCUT2D eigenvalue weighted by molar-refractivity contribution is 5.82. The van der Waals surface area contributed by atoms with E-state index in [1.165, 1.54) is 0 Å². The minimum Gasteiger partial charge on any atom is -0.355 e. The van der Waals surface area contributed by atoms with E-state index in [0.717, 1.165) is 31.5 Å². The third-order valence-electron chi connectivity index (χ3n) is 2.31. The second-order valence-corrected chi connectivity index (χ2v) is 3.82. The summed E-state index contributed by atoms with van der Waals surface area (Å²) in [5.41, 5.74) is 1.10. The minimum atomic E-state index is 0.0467. The number of likely N-dealkylation sites (N-methyl/N-ethyl adjacent to an activating group) is 1. The maximum absolute atomic E-state index is 11.4. The van der Waals surface area contributed by atoms with E-state index in [1.807, 2.05) is 14.0 Å². The molecule has 1 aliphatic rings. The van der Waals surface area contributed by atoms with E-state index >= 15 is 0 Å². The average Bonchev–Trinajstić information content (AvgIpc) is 2.03. The molecule has 1 rings (SSSR count). The molecule has 1 saturated heterocycles. The molecule has 1 atom stereocenters. The summed E-state index contributed by atoms with van der Waals surface area (Å²) in [6, 6.07) is 0.0467. The number of carbonyl (C=O) groups is 1. The first-order valence-electron chi connectivity index (χ1n) is 4.73. The lowest BCUT2D eigenvalue weighted by atomic mass is 10.1. The van der Waals surface area contributed by atoms with E-state index in [0.29, 0.717) is 0 Å². The Bertz CT molecular complexity index is 213. The zero-order valence-electron chi connectivity index (χ0n) is 8.47. The van der Waals surface area contributed by atoms with Gasteiger partial charge in [-0.3, -0.25) is 9.69 Å². The Morgan fingerprint density at radius 1 is 1.77 bits per heavy atom. The van der Waals surface area contributed by atoms with Crippen molar-refractivity contribution < 1.29 is 4.79 Å². The van der Waals surface area contributed by atoms with Crippen LogP contribution in [0.1, 0.15) is 19.8 Å². The lowest BCUT2D eigenvalue weighted by Gasteiger charge is -2.30. The van der Waals surface area contributed by atoms with Crippen LogP contribution in [0.2, 0.25) is 0 Å². The van der Waals surface area contributed by atoms with Crippen molar-refractivity contribution in [3.8, 4) is 0 Å². The Labute approximate surface area is 79.8 Å². The molecular formula is C10H18N2O. The molecule has 0 aliphatic carbocycles. The summed E-state index contributed by atoms with van der Waals surface area (Å²) in [5.74, 6) is 0.162. The number of amides is 1. The van der Waals surface area contributed by atoms with Crippen molar-refractivity contribution in [2.75, 3.05) is 20.1 Å². The zero-order valence-corrected chi connectivity index (χ0v) is 8.47. The number of carbonyl (C=O) groups excluding carboxylic acids is 1. The molecule has 0 aromatic rings. The van der Waals surface area contributed by atoms with Gasteiger partial charge in [0, 0.05) is 13.1 Å². The first-order valence-corrected chi connectivity index (χ1v) is 4.73. The SMILES string of the molecule is C=C(C)CN(C)C1CCCNC1=O. The smallest absolute Gasteiger partial charge is 0.237 e. The largest absolute Gasteiger partial charge is 0.355 e. The standard InChI is InChI=1S/C10H18N2O/c1-8(2)7-12(3)9-5-4-6-11-10(9)13/h9H,1,4-7H2,2-3H3,(H,11,13). The zero-order chi connectivity index (χ0) is 9.84.